The van der Waals surface area contributed by atoms with Crippen LogP contribution in [0.5, 0.6) is 23.0 Å². The Morgan fingerprint density at radius 2 is 1.82 bits per heavy atom. The summed E-state index contributed by atoms with van der Waals surface area (Å²) in [6, 6.07) is 15.9. The number of benzene rings is 3. The van der Waals surface area contributed by atoms with Crippen LogP contribution in [0.1, 0.15) is 23.6 Å². The van der Waals surface area contributed by atoms with Crippen molar-refractivity contribution in [2.45, 2.75) is 19.9 Å². The summed E-state index contributed by atoms with van der Waals surface area (Å²) in [5.74, 6) is 1.02. The molecule has 3 amide bonds. The highest BCUT2D eigenvalue weighted by Gasteiger charge is 2.35. The Labute approximate surface area is 240 Å². The van der Waals surface area contributed by atoms with Crippen molar-refractivity contribution >= 4 is 52.2 Å². The van der Waals surface area contributed by atoms with E-state index < -0.39 is 11.1 Å². The number of amides is 3. The van der Waals surface area contributed by atoms with Crippen molar-refractivity contribution in [3.05, 3.63) is 81.2 Å². The van der Waals surface area contributed by atoms with Crippen LogP contribution in [0.2, 0.25) is 5.02 Å². The van der Waals surface area contributed by atoms with E-state index in [0.29, 0.717) is 44.8 Å². The van der Waals surface area contributed by atoms with E-state index in [-0.39, 0.29) is 30.8 Å². The van der Waals surface area contributed by atoms with Crippen molar-refractivity contribution in [3.63, 3.8) is 0 Å². The van der Waals surface area contributed by atoms with Gasteiger partial charge in [0.1, 0.15) is 0 Å². The number of methoxy groups -OCH3 is 1. The van der Waals surface area contributed by atoms with Gasteiger partial charge < -0.3 is 24.3 Å². The summed E-state index contributed by atoms with van der Waals surface area (Å²) in [6.07, 6.45) is 2.52. The highest BCUT2D eigenvalue weighted by Crippen LogP contribution is 2.40. The average Bonchev–Trinajstić information content (AvgIpc) is 3.51. The van der Waals surface area contributed by atoms with Crippen LogP contribution in [-0.2, 0) is 22.6 Å². The molecule has 0 radical (unpaired) electrons. The van der Waals surface area contributed by atoms with E-state index in [1.165, 1.54) is 12.7 Å². The zero-order valence-electron chi connectivity index (χ0n) is 21.7. The molecule has 1 fully saturated rings. The topological polar surface area (TPSA) is 103 Å². The van der Waals surface area contributed by atoms with Gasteiger partial charge in [-0.2, -0.15) is 0 Å². The van der Waals surface area contributed by atoms with E-state index >= 15 is 0 Å². The van der Waals surface area contributed by atoms with Gasteiger partial charge in [-0.25, -0.2) is 0 Å². The molecule has 11 heteroatoms. The number of fused-ring (bicyclic) bond motifs is 1. The summed E-state index contributed by atoms with van der Waals surface area (Å²) >= 11 is 7.17. The van der Waals surface area contributed by atoms with E-state index in [0.717, 1.165) is 23.1 Å². The Kier molecular flexibility index (Phi) is 8.18. The molecule has 1 saturated heterocycles. The van der Waals surface area contributed by atoms with Gasteiger partial charge in [0.15, 0.2) is 29.6 Å². The molecule has 3 aromatic rings. The third kappa shape index (κ3) is 6.03. The van der Waals surface area contributed by atoms with Crippen LogP contribution in [0.25, 0.3) is 6.08 Å². The number of carbonyl (C=O) groups excluding carboxylic acids is 3. The second-order valence-electron chi connectivity index (χ2n) is 8.86. The molecule has 0 atom stereocenters. The summed E-state index contributed by atoms with van der Waals surface area (Å²) in [5.41, 5.74) is 3.05. The van der Waals surface area contributed by atoms with Crippen molar-refractivity contribution in [1.82, 2.24) is 4.90 Å². The second-order valence-corrected chi connectivity index (χ2v) is 10.3. The highest BCUT2D eigenvalue weighted by atomic mass is 35.5. The Bertz CT molecular complexity index is 1510. The number of nitrogens with one attached hydrogen (secondary N) is 1. The summed E-state index contributed by atoms with van der Waals surface area (Å²) in [5, 5.41) is 2.76. The predicted octanol–water partition coefficient (Wildman–Crippen LogP) is 5.89. The smallest absolute Gasteiger partial charge is 0.293 e. The van der Waals surface area contributed by atoms with Crippen molar-refractivity contribution in [3.8, 4) is 23.0 Å². The molecule has 5 rings (SSSR count). The largest absolute Gasteiger partial charge is 0.493 e. The quantitative estimate of drug-likeness (QED) is 0.312. The minimum absolute atomic E-state index is 0.00160. The van der Waals surface area contributed by atoms with Crippen LogP contribution in [0.15, 0.2) is 59.5 Å². The lowest BCUT2D eigenvalue weighted by molar-refractivity contribution is -0.123. The number of ether oxygens (including phenoxy) is 4. The molecule has 2 aliphatic rings. The molecule has 0 spiro atoms. The summed E-state index contributed by atoms with van der Waals surface area (Å²) in [4.78, 5) is 39.5. The van der Waals surface area contributed by atoms with Gasteiger partial charge in [0.05, 0.1) is 18.6 Å². The maximum absolute atomic E-state index is 13.1. The number of thioether (sulfide) groups is 1. The second kappa shape index (κ2) is 11.9. The Hall–Kier alpha value is -4.15. The van der Waals surface area contributed by atoms with Crippen molar-refractivity contribution in [1.29, 1.82) is 0 Å². The third-order valence-electron chi connectivity index (χ3n) is 6.23. The SMILES string of the molecule is CCc1ccc(NC(=O)COc2ccc(/C=C3\SC(=O)N(Cc4cc5c(cc4Cl)OCO5)C3=O)cc2OC)cc1. The molecule has 0 saturated carbocycles. The number of halogens is 1. The van der Waals surface area contributed by atoms with Crippen LogP contribution >= 0.6 is 23.4 Å². The summed E-state index contributed by atoms with van der Waals surface area (Å²) in [6.45, 7) is 1.94. The Balaban J connectivity index is 1.23. The fourth-order valence-electron chi connectivity index (χ4n) is 4.10. The minimum Gasteiger partial charge on any atom is -0.493 e. The predicted molar refractivity (Wildman–Crippen MR) is 152 cm³/mol. The zero-order valence-corrected chi connectivity index (χ0v) is 23.3. The molecule has 0 aromatic heterocycles. The van der Waals surface area contributed by atoms with Gasteiger partial charge in [0.2, 0.25) is 6.79 Å². The van der Waals surface area contributed by atoms with Crippen LogP contribution < -0.4 is 24.3 Å². The molecular weight excluding hydrogens is 556 g/mol. The number of hydrogen-bond acceptors (Lipinski definition) is 8. The molecule has 9 nitrogen and oxygen atoms in total. The van der Waals surface area contributed by atoms with Crippen molar-refractivity contribution < 1.29 is 33.3 Å². The molecule has 1 N–H and O–H groups in total. The molecule has 0 bridgehead atoms. The normalized spacial score (nSPS) is 15.1. The van der Waals surface area contributed by atoms with Gasteiger partial charge in [0.25, 0.3) is 17.1 Å². The van der Waals surface area contributed by atoms with Gasteiger partial charge in [-0.1, -0.05) is 36.7 Å². The monoisotopic (exact) mass is 580 g/mol. The maximum atomic E-state index is 13.1. The standard InChI is InChI=1S/C29H25ClN2O7S/c1-3-17-4-7-20(8-5-17)31-27(33)15-37-22-9-6-18(10-23(22)36-2)11-26-28(34)32(29(35)40-26)14-19-12-24-25(13-21(19)30)39-16-38-24/h4-13H,3,14-16H2,1-2H3,(H,31,33)/b26-11-. The fourth-order valence-corrected chi connectivity index (χ4v) is 5.15. The van der Waals surface area contributed by atoms with Crippen LogP contribution in [-0.4, -0.2) is 42.5 Å². The summed E-state index contributed by atoms with van der Waals surface area (Å²) < 4.78 is 21.8. The first kappa shape index (κ1) is 27.4. The van der Waals surface area contributed by atoms with Gasteiger partial charge in [0, 0.05) is 16.8 Å². The number of rotatable bonds is 9. The number of nitrogens with zero attached hydrogens (tertiary/aromatic N) is 1. The Morgan fingerprint density at radius 1 is 1.07 bits per heavy atom. The minimum atomic E-state index is -0.438. The highest BCUT2D eigenvalue weighted by molar-refractivity contribution is 8.18. The molecular formula is C29H25ClN2O7S. The third-order valence-corrected chi connectivity index (χ3v) is 7.49. The number of carbonyl (C=O) groups is 3. The van der Waals surface area contributed by atoms with Gasteiger partial charge in [-0.3, -0.25) is 19.3 Å². The molecule has 0 aliphatic carbocycles. The fraction of sp³-hybridized carbons (Fsp3) is 0.207. The lowest BCUT2D eigenvalue weighted by atomic mass is 10.1. The van der Waals surface area contributed by atoms with Gasteiger partial charge in [-0.05, 0) is 71.3 Å². The molecule has 3 aromatic carbocycles. The molecule has 40 heavy (non-hydrogen) atoms. The number of hydrogen-bond donors (Lipinski definition) is 1. The Morgan fingerprint density at radius 3 is 2.55 bits per heavy atom. The lowest BCUT2D eigenvalue weighted by Gasteiger charge is -2.14. The van der Waals surface area contributed by atoms with E-state index in [1.54, 1.807) is 36.4 Å². The van der Waals surface area contributed by atoms with Crippen molar-refractivity contribution in [2.75, 3.05) is 25.8 Å². The lowest BCUT2D eigenvalue weighted by Crippen LogP contribution is -2.27. The van der Waals surface area contributed by atoms with Gasteiger partial charge in [-0.15, -0.1) is 0 Å². The van der Waals surface area contributed by atoms with Gasteiger partial charge >= 0.3 is 0 Å². The number of aryl methyl sites for hydroxylation is 1. The first-order valence-electron chi connectivity index (χ1n) is 12.4. The van der Waals surface area contributed by atoms with E-state index in [4.69, 9.17) is 30.5 Å². The van der Waals surface area contributed by atoms with E-state index in [2.05, 4.69) is 12.2 Å². The number of imide groups is 1. The van der Waals surface area contributed by atoms with Crippen LogP contribution in [0.4, 0.5) is 10.5 Å². The molecule has 206 valence electrons. The molecule has 2 aliphatic heterocycles. The maximum Gasteiger partial charge on any atom is 0.293 e. The zero-order chi connectivity index (χ0) is 28.2. The average molecular weight is 581 g/mol. The number of anilines is 1. The van der Waals surface area contributed by atoms with Crippen molar-refractivity contribution in [2.24, 2.45) is 0 Å². The summed E-state index contributed by atoms with van der Waals surface area (Å²) in [7, 11) is 1.48. The molecule has 2 heterocycles. The first-order chi connectivity index (χ1) is 19.3. The first-order valence-corrected chi connectivity index (χ1v) is 13.6. The van der Waals surface area contributed by atoms with Crippen LogP contribution in [0.3, 0.4) is 0 Å². The molecule has 0 unspecified atom stereocenters. The van der Waals surface area contributed by atoms with E-state index in [9.17, 15) is 14.4 Å². The van der Waals surface area contributed by atoms with Crippen LogP contribution in [0, 0.1) is 0 Å². The van der Waals surface area contributed by atoms with E-state index in [1.807, 2.05) is 24.3 Å².